The molecule has 0 aromatic heterocycles. The molecule has 1 aliphatic carbocycles. The zero-order chi connectivity index (χ0) is 36.4. The summed E-state index contributed by atoms with van der Waals surface area (Å²) < 4.78 is 34.5. The number of amides is 1. The number of hydrogen-bond acceptors (Lipinski definition) is 18. The minimum Gasteiger partial charge on any atom is -0.477 e. The molecular formula is C29H49NO19. The number of aliphatic hydroxyl groups excluding tert-OH is 10. The number of nitrogens with one attached hydrogen (secondary N) is 1. The van der Waals surface area contributed by atoms with Crippen LogP contribution in [0.3, 0.4) is 0 Å². The summed E-state index contributed by atoms with van der Waals surface area (Å²) >= 11 is 0. The van der Waals surface area contributed by atoms with Crippen LogP contribution in [0.1, 0.15) is 46.0 Å². The quantitative estimate of drug-likeness (QED) is 0.0895. The second kappa shape index (κ2) is 16.8. The maximum Gasteiger partial charge on any atom is 0.364 e. The highest BCUT2D eigenvalue weighted by Gasteiger charge is 2.59. The van der Waals surface area contributed by atoms with E-state index >= 15 is 0 Å². The van der Waals surface area contributed by atoms with Gasteiger partial charge in [-0.1, -0.05) is 12.8 Å². The molecule has 20 nitrogen and oxygen atoms in total. The molecule has 284 valence electrons. The Hall–Kier alpha value is -1.70. The first-order valence-electron chi connectivity index (χ1n) is 16.2. The van der Waals surface area contributed by atoms with Gasteiger partial charge in [-0.05, 0) is 19.8 Å². The lowest BCUT2D eigenvalue weighted by atomic mass is 9.88. The van der Waals surface area contributed by atoms with E-state index in [2.05, 4.69) is 5.32 Å². The van der Waals surface area contributed by atoms with Crippen LogP contribution in [0.4, 0.5) is 0 Å². The SMILES string of the molecule is CC(=O)N[C@H]1[C@H]([C@H](O)[C@H](O)CO)O[C@@](O[C@H]2[C@@H](O)[C@@H](CO)O[C@@H](O[C@@H]3CCCC[C@H]3O[C@@H]3O[C@@H](C)[C@@H](O)[C@@H](O)[C@@H]3O)[C@@H]2O)(C(=O)O)C[C@@H]1O. The topological polar surface area (TPSA) is 324 Å². The smallest absolute Gasteiger partial charge is 0.364 e. The van der Waals surface area contributed by atoms with E-state index in [4.69, 9.17) is 28.4 Å². The molecule has 20 heteroatoms. The van der Waals surface area contributed by atoms with E-state index in [1.165, 1.54) is 6.92 Å². The highest BCUT2D eigenvalue weighted by Crippen LogP contribution is 2.38. The summed E-state index contributed by atoms with van der Waals surface area (Å²) in [5.74, 6) is -5.57. The third-order valence-corrected chi connectivity index (χ3v) is 9.40. The Morgan fingerprint density at radius 2 is 1.47 bits per heavy atom. The van der Waals surface area contributed by atoms with Crippen LogP contribution in [-0.2, 0) is 38.0 Å². The molecule has 0 bridgehead atoms. The fourth-order valence-corrected chi connectivity index (χ4v) is 6.62. The van der Waals surface area contributed by atoms with Crippen LogP contribution in [-0.4, -0.2) is 191 Å². The predicted octanol–water partition coefficient (Wildman–Crippen LogP) is -5.87. The van der Waals surface area contributed by atoms with E-state index in [9.17, 15) is 65.8 Å². The van der Waals surface area contributed by atoms with Gasteiger partial charge in [0.05, 0.1) is 43.7 Å². The van der Waals surface area contributed by atoms with Crippen molar-refractivity contribution < 1.29 is 94.2 Å². The number of carboxylic acid groups (broad SMARTS) is 1. The van der Waals surface area contributed by atoms with Gasteiger partial charge in [0.2, 0.25) is 5.91 Å². The Labute approximate surface area is 280 Å². The van der Waals surface area contributed by atoms with E-state index in [1.54, 1.807) is 0 Å². The maximum absolute atomic E-state index is 12.7. The molecule has 18 atom stereocenters. The summed E-state index contributed by atoms with van der Waals surface area (Å²) in [6, 6.07) is -1.50. The predicted molar refractivity (Wildman–Crippen MR) is 156 cm³/mol. The van der Waals surface area contributed by atoms with E-state index in [0.29, 0.717) is 25.7 Å². The van der Waals surface area contributed by atoms with E-state index < -0.39 is 141 Å². The average molecular weight is 716 g/mol. The third kappa shape index (κ3) is 8.68. The number of aliphatic carboxylic acids is 1. The number of hydrogen-bond donors (Lipinski definition) is 12. The molecule has 12 N–H and O–H groups in total. The normalized spacial score (nSPS) is 46.1. The lowest BCUT2D eigenvalue weighted by molar-refractivity contribution is -0.378. The van der Waals surface area contributed by atoms with Gasteiger partial charge in [-0.2, -0.15) is 0 Å². The van der Waals surface area contributed by atoms with Crippen LogP contribution in [0, 0.1) is 0 Å². The number of rotatable bonds is 12. The molecule has 0 radical (unpaired) electrons. The molecule has 49 heavy (non-hydrogen) atoms. The van der Waals surface area contributed by atoms with Gasteiger partial charge in [-0.3, -0.25) is 4.79 Å². The molecule has 3 heterocycles. The zero-order valence-electron chi connectivity index (χ0n) is 27.0. The average Bonchev–Trinajstić information content (AvgIpc) is 3.06. The molecule has 0 aromatic carbocycles. The first-order valence-corrected chi connectivity index (χ1v) is 16.2. The van der Waals surface area contributed by atoms with Crippen molar-refractivity contribution in [1.82, 2.24) is 5.32 Å². The lowest BCUT2D eigenvalue weighted by Crippen LogP contribution is -2.70. The number of ether oxygens (including phenoxy) is 6. The molecular weight excluding hydrogens is 666 g/mol. The highest BCUT2D eigenvalue weighted by atomic mass is 16.8. The molecule has 0 aromatic rings. The van der Waals surface area contributed by atoms with Crippen molar-refractivity contribution in [3.63, 3.8) is 0 Å². The summed E-state index contributed by atoms with van der Waals surface area (Å²) in [6.07, 6.45) is -24.2. The van der Waals surface area contributed by atoms with Crippen molar-refractivity contribution in [1.29, 1.82) is 0 Å². The van der Waals surface area contributed by atoms with Gasteiger partial charge in [0.25, 0.3) is 5.79 Å². The van der Waals surface area contributed by atoms with Gasteiger partial charge in [-0.15, -0.1) is 0 Å². The molecule has 3 aliphatic heterocycles. The van der Waals surface area contributed by atoms with Crippen molar-refractivity contribution in [2.45, 2.75) is 156 Å². The fraction of sp³-hybridized carbons (Fsp3) is 0.931. The van der Waals surface area contributed by atoms with Gasteiger partial charge in [0.15, 0.2) is 12.6 Å². The van der Waals surface area contributed by atoms with Crippen LogP contribution in [0.25, 0.3) is 0 Å². The first-order chi connectivity index (χ1) is 23.0. The molecule has 1 amide bonds. The summed E-state index contributed by atoms with van der Waals surface area (Å²) in [6.45, 7) is 0.669. The van der Waals surface area contributed by atoms with Crippen LogP contribution in [0.15, 0.2) is 0 Å². The van der Waals surface area contributed by atoms with Gasteiger partial charge in [-0.25, -0.2) is 4.79 Å². The molecule has 0 unspecified atom stereocenters. The zero-order valence-corrected chi connectivity index (χ0v) is 27.0. The molecule has 4 aliphatic rings. The summed E-state index contributed by atoms with van der Waals surface area (Å²) in [5.41, 5.74) is 0. The van der Waals surface area contributed by atoms with Crippen LogP contribution >= 0.6 is 0 Å². The van der Waals surface area contributed by atoms with Crippen LogP contribution in [0.5, 0.6) is 0 Å². The van der Waals surface area contributed by atoms with Gasteiger partial charge in [0.1, 0.15) is 61.0 Å². The van der Waals surface area contributed by atoms with Gasteiger partial charge < -0.3 is 89.9 Å². The Kier molecular flexibility index (Phi) is 13.7. The van der Waals surface area contributed by atoms with Crippen molar-refractivity contribution in [3.8, 4) is 0 Å². The molecule has 3 saturated heterocycles. The molecule has 4 rings (SSSR count). The standard InChI is InChI=1S/C29H49NO19/c1-10-18(36)21(39)22(40)26(44-10)45-14-5-3-4-6-15(14)46-27-23(41)25(20(38)16(9-32)47-27)49-29(28(42)43)7-12(34)17(30-11(2)33)24(48-29)19(37)13(35)8-31/h10,12-27,31-32,34-41H,3-9H2,1-2H3,(H,30,33)(H,42,43)/t10-,12-,13+,14+,15+,16+,17+,18+,19+,20-,21+,22-,23+,24+,25-,26-,27+,29-/m0/s1. The third-order valence-electron chi connectivity index (χ3n) is 9.40. The highest BCUT2D eigenvalue weighted by molar-refractivity contribution is 5.76. The van der Waals surface area contributed by atoms with Gasteiger partial charge in [0, 0.05) is 13.3 Å². The number of carbonyl (C=O) groups is 2. The summed E-state index contributed by atoms with van der Waals surface area (Å²) in [7, 11) is 0. The maximum atomic E-state index is 12.7. The largest absolute Gasteiger partial charge is 0.477 e. The minimum absolute atomic E-state index is 0.324. The van der Waals surface area contributed by atoms with Crippen molar-refractivity contribution in [2.24, 2.45) is 0 Å². The number of carbonyl (C=O) groups excluding carboxylic acids is 1. The van der Waals surface area contributed by atoms with Crippen molar-refractivity contribution in [3.05, 3.63) is 0 Å². The van der Waals surface area contributed by atoms with Crippen molar-refractivity contribution >= 4 is 11.9 Å². The van der Waals surface area contributed by atoms with Crippen LogP contribution in [0.2, 0.25) is 0 Å². The Morgan fingerprint density at radius 3 is 2.00 bits per heavy atom. The van der Waals surface area contributed by atoms with E-state index in [1.807, 2.05) is 0 Å². The lowest BCUT2D eigenvalue weighted by Gasteiger charge is -2.50. The monoisotopic (exact) mass is 715 g/mol. The van der Waals surface area contributed by atoms with E-state index in [0.717, 1.165) is 6.92 Å². The van der Waals surface area contributed by atoms with Gasteiger partial charge >= 0.3 is 5.97 Å². The molecule has 4 fully saturated rings. The molecule has 0 spiro atoms. The summed E-state index contributed by atoms with van der Waals surface area (Å²) in [5, 5.41) is 117. The Balaban J connectivity index is 1.57. The fourth-order valence-electron chi connectivity index (χ4n) is 6.62. The van der Waals surface area contributed by atoms with Crippen molar-refractivity contribution in [2.75, 3.05) is 13.2 Å². The molecule has 1 saturated carbocycles. The first kappa shape index (κ1) is 40.1. The summed E-state index contributed by atoms with van der Waals surface area (Å²) in [4.78, 5) is 24.6. The second-order valence-corrected chi connectivity index (χ2v) is 13.0. The van der Waals surface area contributed by atoms with Crippen LogP contribution < -0.4 is 5.32 Å². The number of aliphatic hydroxyl groups is 10. The number of carboxylic acids is 1. The van der Waals surface area contributed by atoms with E-state index in [-0.39, 0.29) is 0 Å². The second-order valence-electron chi connectivity index (χ2n) is 13.0. The minimum atomic E-state index is -2.95. The Morgan fingerprint density at radius 1 is 0.878 bits per heavy atom. The Bertz CT molecular complexity index is 1100.